The Balaban J connectivity index is 0.00000256. The molecule has 1 aliphatic heterocycles. The lowest BCUT2D eigenvalue weighted by molar-refractivity contribution is 0.0907. The van der Waals surface area contributed by atoms with Crippen LogP contribution in [0.1, 0.15) is 52.7 Å². The molecule has 1 aromatic carbocycles. The Morgan fingerprint density at radius 3 is 2.63 bits per heavy atom. The molecule has 0 aliphatic carbocycles. The van der Waals surface area contributed by atoms with Crippen molar-refractivity contribution in [3.8, 4) is 0 Å². The van der Waals surface area contributed by atoms with Crippen LogP contribution in [0.3, 0.4) is 0 Å². The van der Waals surface area contributed by atoms with E-state index in [2.05, 4.69) is 27.7 Å². The molecule has 1 fully saturated rings. The summed E-state index contributed by atoms with van der Waals surface area (Å²) in [5.74, 6) is -0.284. The van der Waals surface area contributed by atoms with E-state index in [0.717, 1.165) is 18.7 Å². The largest absolute Gasteiger partial charge is 0.451 e. The van der Waals surface area contributed by atoms with Crippen LogP contribution < -0.4 is 10.7 Å². The first kappa shape index (κ1) is 22.5. The Morgan fingerprint density at radius 2 is 1.93 bits per heavy atom. The summed E-state index contributed by atoms with van der Waals surface area (Å²) in [6.07, 6.45) is 4.91. The van der Waals surface area contributed by atoms with E-state index in [1.165, 1.54) is 36.6 Å². The molecule has 4 rings (SSSR count). The number of rotatable bonds is 5. The number of nitrogens with one attached hydrogen (secondary N) is 1. The fourth-order valence-electron chi connectivity index (χ4n) is 3.96. The number of aryl methyl sites for hydroxylation is 1. The van der Waals surface area contributed by atoms with Crippen LogP contribution in [0.4, 0.5) is 0 Å². The zero-order chi connectivity index (χ0) is 20.2. The minimum absolute atomic E-state index is 0. The van der Waals surface area contributed by atoms with Gasteiger partial charge in [0.1, 0.15) is 5.58 Å². The molecule has 7 heteroatoms. The average Bonchev–Trinajstić information content (AvgIpc) is 3.11. The number of thiophene rings is 1. The van der Waals surface area contributed by atoms with Crippen LogP contribution in [-0.4, -0.2) is 30.4 Å². The third-order valence-electron chi connectivity index (χ3n) is 5.52. The van der Waals surface area contributed by atoms with Gasteiger partial charge in [-0.25, -0.2) is 0 Å². The summed E-state index contributed by atoms with van der Waals surface area (Å²) in [5, 5.41) is 5.58. The van der Waals surface area contributed by atoms with E-state index in [1.807, 2.05) is 13.0 Å². The normalized spacial score (nSPS) is 15.9. The van der Waals surface area contributed by atoms with E-state index in [0.29, 0.717) is 17.5 Å². The van der Waals surface area contributed by atoms with Gasteiger partial charge in [0.25, 0.3) is 5.91 Å². The van der Waals surface area contributed by atoms with Gasteiger partial charge in [0.2, 0.25) is 0 Å². The molecular formula is C23H27ClN2O3S. The lowest BCUT2D eigenvalue weighted by Crippen LogP contribution is -2.38. The monoisotopic (exact) mass is 446 g/mol. The molecule has 1 atom stereocenters. The molecule has 160 valence electrons. The van der Waals surface area contributed by atoms with Gasteiger partial charge in [-0.3, -0.25) is 14.5 Å². The van der Waals surface area contributed by atoms with E-state index in [4.69, 9.17) is 4.42 Å². The van der Waals surface area contributed by atoms with Crippen LogP contribution in [0.2, 0.25) is 0 Å². The minimum Gasteiger partial charge on any atom is -0.451 e. The van der Waals surface area contributed by atoms with Gasteiger partial charge in [-0.2, -0.15) is 0 Å². The maximum absolute atomic E-state index is 12.8. The summed E-state index contributed by atoms with van der Waals surface area (Å²) in [5.41, 5.74) is 1.23. The Bertz CT molecular complexity index is 1040. The van der Waals surface area contributed by atoms with Gasteiger partial charge >= 0.3 is 0 Å². The highest BCUT2D eigenvalue weighted by Gasteiger charge is 2.24. The third-order valence-corrected chi connectivity index (χ3v) is 6.49. The Labute approximate surface area is 186 Å². The van der Waals surface area contributed by atoms with E-state index in [-0.39, 0.29) is 35.5 Å². The number of hydrogen-bond donors (Lipinski definition) is 1. The smallest absolute Gasteiger partial charge is 0.287 e. The highest BCUT2D eigenvalue weighted by molar-refractivity contribution is 7.10. The quantitative estimate of drug-likeness (QED) is 0.603. The van der Waals surface area contributed by atoms with Crippen molar-refractivity contribution >= 4 is 40.6 Å². The van der Waals surface area contributed by atoms with Crippen molar-refractivity contribution < 1.29 is 9.21 Å². The lowest BCUT2D eigenvalue weighted by atomic mass is 10.1. The number of benzene rings is 1. The van der Waals surface area contributed by atoms with Gasteiger partial charge in [0.15, 0.2) is 11.2 Å². The third kappa shape index (κ3) is 5.12. The zero-order valence-electron chi connectivity index (χ0n) is 17.1. The number of hydrogen-bond acceptors (Lipinski definition) is 5. The molecule has 1 saturated heterocycles. The van der Waals surface area contributed by atoms with E-state index in [1.54, 1.807) is 23.5 Å². The number of likely N-dealkylation sites (tertiary alicyclic amines) is 1. The molecule has 0 saturated carbocycles. The van der Waals surface area contributed by atoms with Crippen LogP contribution >= 0.6 is 23.7 Å². The predicted molar refractivity (Wildman–Crippen MR) is 124 cm³/mol. The second kappa shape index (κ2) is 10.2. The predicted octanol–water partition coefficient (Wildman–Crippen LogP) is 4.93. The van der Waals surface area contributed by atoms with Gasteiger partial charge in [-0.05, 0) is 56.4 Å². The highest BCUT2D eigenvalue weighted by atomic mass is 35.5. The van der Waals surface area contributed by atoms with Gasteiger partial charge < -0.3 is 9.73 Å². The number of nitrogens with zero attached hydrogens (tertiary/aromatic N) is 1. The molecule has 30 heavy (non-hydrogen) atoms. The van der Waals surface area contributed by atoms with E-state index in [9.17, 15) is 9.59 Å². The summed E-state index contributed by atoms with van der Waals surface area (Å²) in [6.45, 7) is 4.51. The molecule has 1 aliphatic rings. The molecule has 0 spiro atoms. The van der Waals surface area contributed by atoms with Gasteiger partial charge in [0.05, 0.1) is 11.4 Å². The van der Waals surface area contributed by atoms with Gasteiger partial charge in [-0.1, -0.05) is 30.5 Å². The van der Waals surface area contributed by atoms with E-state index >= 15 is 0 Å². The summed E-state index contributed by atoms with van der Waals surface area (Å²) in [6, 6.07) is 11.0. The standard InChI is InChI=1S/C23H26N2O3S.ClH/c1-16-8-9-20-17(13-16)19(26)14-21(28-20)23(27)24-15-18(22-7-6-12-29-22)25-10-4-2-3-5-11-25;/h6-9,12-14,18H,2-5,10-11,15H2,1H3,(H,24,27);1H. The van der Waals surface area contributed by atoms with E-state index < -0.39 is 0 Å². The fourth-order valence-corrected chi connectivity index (χ4v) is 4.82. The molecule has 1 N–H and O–H groups in total. The fraction of sp³-hybridized carbons (Fsp3) is 0.391. The summed E-state index contributed by atoms with van der Waals surface area (Å²) >= 11 is 1.72. The van der Waals surface area contributed by atoms with Crippen molar-refractivity contribution in [3.05, 3.63) is 68.2 Å². The maximum atomic E-state index is 12.8. The molecule has 1 amide bonds. The van der Waals surface area contributed by atoms with Crippen molar-refractivity contribution in [1.82, 2.24) is 10.2 Å². The summed E-state index contributed by atoms with van der Waals surface area (Å²) in [4.78, 5) is 28.9. The molecular weight excluding hydrogens is 420 g/mol. The molecule has 0 bridgehead atoms. The first-order chi connectivity index (χ1) is 14.1. The first-order valence-corrected chi connectivity index (χ1v) is 11.1. The molecule has 3 aromatic rings. The first-order valence-electron chi connectivity index (χ1n) is 10.2. The Hall–Kier alpha value is -2.15. The molecule has 1 unspecified atom stereocenters. The van der Waals surface area contributed by atoms with Crippen molar-refractivity contribution in [1.29, 1.82) is 0 Å². The number of fused-ring (bicyclic) bond motifs is 1. The lowest BCUT2D eigenvalue weighted by Gasteiger charge is -2.30. The van der Waals surface area contributed by atoms with Crippen molar-refractivity contribution in [2.75, 3.05) is 19.6 Å². The Morgan fingerprint density at radius 1 is 1.17 bits per heavy atom. The van der Waals surface area contributed by atoms with Crippen LogP contribution in [0, 0.1) is 6.92 Å². The topological polar surface area (TPSA) is 62.6 Å². The molecule has 5 nitrogen and oxygen atoms in total. The maximum Gasteiger partial charge on any atom is 0.287 e. The summed E-state index contributed by atoms with van der Waals surface area (Å²) < 4.78 is 5.72. The Kier molecular flexibility index (Phi) is 7.69. The summed E-state index contributed by atoms with van der Waals surface area (Å²) in [7, 11) is 0. The van der Waals surface area contributed by atoms with Gasteiger partial charge in [0, 0.05) is 17.5 Å². The van der Waals surface area contributed by atoms with Crippen molar-refractivity contribution in [3.63, 3.8) is 0 Å². The van der Waals surface area contributed by atoms with Crippen molar-refractivity contribution in [2.24, 2.45) is 0 Å². The number of carbonyl (C=O) groups is 1. The van der Waals surface area contributed by atoms with Crippen LogP contribution in [0.25, 0.3) is 11.0 Å². The SMILES string of the molecule is Cc1ccc2oc(C(=O)NCC(c3cccs3)N3CCCCCC3)cc(=O)c2c1.Cl. The van der Waals surface area contributed by atoms with Crippen LogP contribution in [0.5, 0.6) is 0 Å². The van der Waals surface area contributed by atoms with Gasteiger partial charge in [-0.15, -0.1) is 23.7 Å². The average molecular weight is 447 g/mol. The molecule has 2 aromatic heterocycles. The molecule has 0 radical (unpaired) electrons. The number of carbonyl (C=O) groups excluding carboxylic acids is 1. The minimum atomic E-state index is -0.346. The van der Waals surface area contributed by atoms with Crippen LogP contribution in [-0.2, 0) is 0 Å². The number of halogens is 1. The van der Waals surface area contributed by atoms with Crippen LogP contribution in [0.15, 0.2) is 51.0 Å². The number of amides is 1. The second-order valence-electron chi connectivity index (χ2n) is 7.67. The van der Waals surface area contributed by atoms with Crippen molar-refractivity contribution in [2.45, 2.75) is 38.6 Å². The zero-order valence-corrected chi connectivity index (χ0v) is 18.7. The second-order valence-corrected chi connectivity index (χ2v) is 8.65. The molecule has 3 heterocycles. The highest BCUT2D eigenvalue weighted by Crippen LogP contribution is 2.27.